The molecule has 3 rings (SSSR count). The third-order valence-electron chi connectivity index (χ3n) is 5.21. The largest absolute Gasteiger partial charge is 0.497 e. The molecule has 0 heterocycles. The number of hydrogen-bond donors (Lipinski definition) is 1. The highest BCUT2D eigenvalue weighted by Gasteiger charge is 2.23. The standard InChI is InChI=1S/C25H26FNO4/c1-16(19-6-7-21-15-23(30-3)11-8-20(21)14-19)25(29)31-17(2)24(28)27-13-12-18-4-9-22(26)10-5-18/h4-11,14-17H,12-13H2,1-3H3,(H,27,28)/t16-,17+/m0/s1. The predicted molar refractivity (Wildman–Crippen MR) is 118 cm³/mol. The summed E-state index contributed by atoms with van der Waals surface area (Å²) in [6.07, 6.45) is -0.349. The lowest BCUT2D eigenvalue weighted by atomic mass is 9.98. The second-order valence-electron chi connectivity index (χ2n) is 7.44. The molecule has 5 nitrogen and oxygen atoms in total. The zero-order valence-corrected chi connectivity index (χ0v) is 17.9. The molecular weight excluding hydrogens is 397 g/mol. The topological polar surface area (TPSA) is 64.6 Å². The zero-order chi connectivity index (χ0) is 22.4. The number of ether oxygens (including phenoxy) is 2. The minimum atomic E-state index is -0.909. The van der Waals surface area contributed by atoms with E-state index >= 15 is 0 Å². The number of fused-ring (bicyclic) bond motifs is 1. The summed E-state index contributed by atoms with van der Waals surface area (Å²) in [6.45, 7) is 3.67. The van der Waals surface area contributed by atoms with Gasteiger partial charge in [-0.25, -0.2) is 4.39 Å². The van der Waals surface area contributed by atoms with Crippen LogP contribution < -0.4 is 10.1 Å². The van der Waals surface area contributed by atoms with Gasteiger partial charge in [-0.1, -0.05) is 36.4 Å². The summed E-state index contributed by atoms with van der Waals surface area (Å²) in [5, 5.41) is 4.74. The highest BCUT2D eigenvalue weighted by atomic mass is 19.1. The smallest absolute Gasteiger partial charge is 0.313 e. The van der Waals surface area contributed by atoms with Crippen LogP contribution in [0.25, 0.3) is 10.8 Å². The molecule has 0 aliphatic carbocycles. The minimum absolute atomic E-state index is 0.298. The fraction of sp³-hybridized carbons (Fsp3) is 0.280. The molecule has 162 valence electrons. The van der Waals surface area contributed by atoms with E-state index in [-0.39, 0.29) is 11.7 Å². The number of esters is 1. The summed E-state index contributed by atoms with van der Waals surface area (Å²) < 4.78 is 23.5. The van der Waals surface area contributed by atoms with Crippen LogP contribution in [0.1, 0.15) is 30.9 Å². The molecule has 6 heteroatoms. The Balaban J connectivity index is 1.53. The first-order chi connectivity index (χ1) is 14.9. The molecule has 0 aromatic heterocycles. The number of hydrogen-bond acceptors (Lipinski definition) is 4. The van der Waals surface area contributed by atoms with Crippen molar-refractivity contribution in [1.82, 2.24) is 5.32 Å². The molecule has 0 spiro atoms. The molecule has 1 amide bonds. The van der Waals surface area contributed by atoms with E-state index in [1.165, 1.54) is 12.1 Å². The van der Waals surface area contributed by atoms with Crippen molar-refractivity contribution in [3.63, 3.8) is 0 Å². The average Bonchev–Trinajstić information content (AvgIpc) is 2.78. The van der Waals surface area contributed by atoms with Crippen molar-refractivity contribution in [2.24, 2.45) is 0 Å². The van der Waals surface area contributed by atoms with Gasteiger partial charge < -0.3 is 14.8 Å². The first kappa shape index (κ1) is 22.3. The molecule has 3 aromatic carbocycles. The summed E-state index contributed by atoms with van der Waals surface area (Å²) in [5.41, 5.74) is 1.72. The molecule has 3 aromatic rings. The molecule has 0 aliphatic heterocycles. The van der Waals surface area contributed by atoms with Crippen molar-refractivity contribution in [2.45, 2.75) is 32.3 Å². The van der Waals surface area contributed by atoms with E-state index in [4.69, 9.17) is 9.47 Å². The number of methoxy groups -OCH3 is 1. The Bertz CT molecular complexity index is 1060. The van der Waals surface area contributed by atoms with Gasteiger partial charge in [0.05, 0.1) is 13.0 Å². The van der Waals surface area contributed by atoms with Gasteiger partial charge in [0.2, 0.25) is 0 Å². The second-order valence-corrected chi connectivity index (χ2v) is 7.44. The lowest BCUT2D eigenvalue weighted by Gasteiger charge is -2.17. The Morgan fingerprint density at radius 3 is 2.35 bits per heavy atom. The molecule has 0 saturated heterocycles. The normalized spacial score (nSPS) is 12.8. The first-order valence-electron chi connectivity index (χ1n) is 10.2. The van der Waals surface area contributed by atoms with Crippen LogP contribution in [0.15, 0.2) is 60.7 Å². The lowest BCUT2D eigenvalue weighted by Crippen LogP contribution is -2.37. The lowest BCUT2D eigenvalue weighted by molar-refractivity contribution is -0.155. The van der Waals surface area contributed by atoms with E-state index < -0.39 is 18.0 Å². The number of carbonyl (C=O) groups excluding carboxylic acids is 2. The van der Waals surface area contributed by atoms with Crippen LogP contribution in [0.3, 0.4) is 0 Å². The maximum Gasteiger partial charge on any atom is 0.313 e. The van der Waals surface area contributed by atoms with Crippen LogP contribution in [0.2, 0.25) is 0 Å². The number of benzene rings is 3. The Hall–Kier alpha value is -3.41. The predicted octanol–water partition coefficient (Wildman–Crippen LogP) is 4.38. The Kier molecular flexibility index (Phi) is 7.23. The molecule has 31 heavy (non-hydrogen) atoms. The van der Waals surface area contributed by atoms with Gasteiger partial charge in [0.25, 0.3) is 5.91 Å². The van der Waals surface area contributed by atoms with Gasteiger partial charge >= 0.3 is 5.97 Å². The third kappa shape index (κ3) is 5.81. The zero-order valence-electron chi connectivity index (χ0n) is 17.9. The summed E-state index contributed by atoms with van der Waals surface area (Å²) in [6, 6.07) is 17.6. The molecule has 0 bridgehead atoms. The molecule has 0 aliphatic rings. The van der Waals surface area contributed by atoms with Crippen molar-refractivity contribution in [3.8, 4) is 5.75 Å². The number of rotatable bonds is 8. The summed E-state index contributed by atoms with van der Waals surface area (Å²) in [4.78, 5) is 24.8. The first-order valence-corrected chi connectivity index (χ1v) is 10.2. The van der Waals surface area contributed by atoms with Crippen molar-refractivity contribution < 1.29 is 23.5 Å². The summed E-state index contributed by atoms with van der Waals surface area (Å²) in [7, 11) is 1.62. The van der Waals surface area contributed by atoms with Crippen molar-refractivity contribution >= 4 is 22.6 Å². The summed E-state index contributed by atoms with van der Waals surface area (Å²) >= 11 is 0. The fourth-order valence-electron chi connectivity index (χ4n) is 3.23. The highest BCUT2D eigenvalue weighted by molar-refractivity contribution is 5.88. The Morgan fingerprint density at radius 2 is 1.65 bits per heavy atom. The quantitative estimate of drug-likeness (QED) is 0.546. The van der Waals surface area contributed by atoms with Crippen LogP contribution in [0.5, 0.6) is 5.75 Å². The Morgan fingerprint density at radius 1 is 0.968 bits per heavy atom. The van der Waals surface area contributed by atoms with E-state index in [9.17, 15) is 14.0 Å². The van der Waals surface area contributed by atoms with Gasteiger partial charge in [-0.3, -0.25) is 9.59 Å². The molecule has 0 radical (unpaired) electrons. The maximum absolute atomic E-state index is 12.9. The van der Waals surface area contributed by atoms with Crippen molar-refractivity contribution in [2.75, 3.05) is 13.7 Å². The molecular formula is C25H26FNO4. The van der Waals surface area contributed by atoms with Crippen LogP contribution in [0.4, 0.5) is 4.39 Å². The highest BCUT2D eigenvalue weighted by Crippen LogP contribution is 2.26. The number of amides is 1. The van der Waals surface area contributed by atoms with Gasteiger partial charge in [-0.2, -0.15) is 0 Å². The average molecular weight is 423 g/mol. The minimum Gasteiger partial charge on any atom is -0.497 e. The van der Waals surface area contributed by atoms with Gasteiger partial charge in [0.1, 0.15) is 11.6 Å². The van der Waals surface area contributed by atoms with E-state index in [0.29, 0.717) is 13.0 Å². The summed E-state index contributed by atoms with van der Waals surface area (Å²) in [5.74, 6) is -0.871. The molecule has 2 atom stereocenters. The van der Waals surface area contributed by atoms with Gasteiger partial charge in [0, 0.05) is 6.54 Å². The van der Waals surface area contributed by atoms with E-state index in [0.717, 1.165) is 27.6 Å². The van der Waals surface area contributed by atoms with Crippen molar-refractivity contribution in [1.29, 1.82) is 0 Å². The van der Waals surface area contributed by atoms with Crippen LogP contribution in [0, 0.1) is 5.82 Å². The van der Waals surface area contributed by atoms with Crippen molar-refractivity contribution in [3.05, 3.63) is 77.6 Å². The van der Waals surface area contributed by atoms with Gasteiger partial charge in [-0.05, 0) is 66.4 Å². The monoisotopic (exact) mass is 423 g/mol. The molecule has 1 N–H and O–H groups in total. The number of nitrogens with one attached hydrogen (secondary N) is 1. The third-order valence-corrected chi connectivity index (χ3v) is 5.21. The van der Waals surface area contributed by atoms with Crippen LogP contribution >= 0.6 is 0 Å². The Labute approximate surface area is 181 Å². The van der Waals surface area contributed by atoms with E-state index in [2.05, 4.69) is 5.32 Å². The molecule has 0 fully saturated rings. The van der Waals surface area contributed by atoms with Gasteiger partial charge in [0.15, 0.2) is 6.10 Å². The van der Waals surface area contributed by atoms with E-state index in [1.807, 2.05) is 36.4 Å². The van der Waals surface area contributed by atoms with Crippen LogP contribution in [-0.4, -0.2) is 31.6 Å². The molecule has 0 saturated carbocycles. The number of halogens is 1. The fourth-order valence-corrected chi connectivity index (χ4v) is 3.23. The number of carbonyl (C=O) groups is 2. The second kappa shape index (κ2) is 10.1. The van der Waals surface area contributed by atoms with Gasteiger partial charge in [-0.15, -0.1) is 0 Å². The SMILES string of the molecule is COc1ccc2cc([C@H](C)C(=O)O[C@H](C)C(=O)NCCc3ccc(F)cc3)ccc2c1. The van der Waals surface area contributed by atoms with E-state index in [1.54, 1.807) is 33.1 Å². The maximum atomic E-state index is 12.9. The molecule has 0 unspecified atom stereocenters. The van der Waals surface area contributed by atoms with Crippen LogP contribution in [-0.2, 0) is 20.7 Å².